The van der Waals surface area contributed by atoms with Gasteiger partial charge in [0.25, 0.3) is 5.91 Å². The molecule has 0 unspecified atom stereocenters. The summed E-state index contributed by atoms with van der Waals surface area (Å²) >= 11 is 0. The molecule has 0 radical (unpaired) electrons. The van der Waals surface area contributed by atoms with E-state index in [1.165, 1.54) is 11.1 Å². The number of pyridine rings is 1. The molecular formula is C19H19F3N2O4S. The van der Waals surface area contributed by atoms with Crippen molar-refractivity contribution in [3.05, 3.63) is 53.7 Å². The topological polar surface area (TPSA) is 79.7 Å². The van der Waals surface area contributed by atoms with Crippen molar-refractivity contribution >= 4 is 16.7 Å². The molecule has 1 fully saturated rings. The molecule has 0 saturated carbocycles. The number of aliphatic hydroxyl groups is 1. The Balaban J connectivity index is 1.59. The lowest BCUT2D eigenvalue weighted by molar-refractivity contribution is -0.140. The van der Waals surface area contributed by atoms with Gasteiger partial charge in [-0.15, -0.1) is 0 Å². The highest BCUT2D eigenvalue weighted by Gasteiger charge is 2.39. The lowest BCUT2D eigenvalue weighted by Crippen LogP contribution is -2.34. The number of ether oxygens (including phenoxy) is 1. The summed E-state index contributed by atoms with van der Waals surface area (Å²) in [4.78, 5) is 17.5. The van der Waals surface area contributed by atoms with Gasteiger partial charge in [0.15, 0.2) is 6.61 Å². The largest absolute Gasteiger partial charge is 0.484 e. The van der Waals surface area contributed by atoms with E-state index in [9.17, 15) is 22.2 Å². The molecule has 1 aromatic carbocycles. The SMILES string of the molecule is O=C(COc1ccc(CO)cc1)N1CC[C@H]([S@](=O)c2ncccc2C(F)(F)F)C1. The van der Waals surface area contributed by atoms with Crippen molar-refractivity contribution < 1.29 is 32.0 Å². The quantitative estimate of drug-likeness (QED) is 0.764. The fraction of sp³-hybridized carbons (Fsp3) is 0.368. The molecule has 2 atom stereocenters. The molecule has 6 nitrogen and oxygen atoms in total. The number of hydrogen-bond donors (Lipinski definition) is 1. The Morgan fingerprint density at radius 3 is 2.66 bits per heavy atom. The summed E-state index contributed by atoms with van der Waals surface area (Å²) in [6.45, 7) is 0.0232. The third-order valence-electron chi connectivity index (χ3n) is 4.54. The third-order valence-corrected chi connectivity index (χ3v) is 6.23. The fourth-order valence-electron chi connectivity index (χ4n) is 2.98. The zero-order valence-electron chi connectivity index (χ0n) is 15.3. The molecular weight excluding hydrogens is 409 g/mol. The van der Waals surface area contributed by atoms with Gasteiger partial charge in [-0.05, 0) is 36.2 Å². The normalized spacial score (nSPS) is 17.9. The van der Waals surface area contributed by atoms with Gasteiger partial charge in [0, 0.05) is 19.3 Å². The molecule has 0 spiro atoms. The first-order valence-corrected chi connectivity index (χ1v) is 10.0. The Kier molecular flexibility index (Phi) is 6.53. The first-order valence-electron chi connectivity index (χ1n) is 8.82. The summed E-state index contributed by atoms with van der Waals surface area (Å²) < 4.78 is 57.5. The first-order chi connectivity index (χ1) is 13.8. The fourth-order valence-corrected chi connectivity index (χ4v) is 4.50. The molecule has 3 rings (SSSR count). The molecule has 1 amide bonds. The van der Waals surface area contributed by atoms with Gasteiger partial charge in [0.05, 0.1) is 28.2 Å². The van der Waals surface area contributed by atoms with E-state index in [2.05, 4.69) is 4.98 Å². The van der Waals surface area contributed by atoms with E-state index in [-0.39, 0.29) is 32.2 Å². The predicted octanol–water partition coefficient (Wildman–Crippen LogP) is 2.38. The molecule has 1 aliphatic rings. The maximum Gasteiger partial charge on any atom is 0.419 e. The summed E-state index contributed by atoms with van der Waals surface area (Å²) in [5.74, 6) is 0.117. The maximum absolute atomic E-state index is 13.1. The number of hydrogen-bond acceptors (Lipinski definition) is 5. The van der Waals surface area contributed by atoms with Crippen LogP contribution in [0, 0.1) is 0 Å². The highest BCUT2D eigenvalue weighted by Crippen LogP contribution is 2.34. The molecule has 1 aromatic heterocycles. The van der Waals surface area contributed by atoms with Crippen molar-refractivity contribution in [1.82, 2.24) is 9.88 Å². The summed E-state index contributed by atoms with van der Waals surface area (Å²) in [6.07, 6.45) is -3.15. The van der Waals surface area contributed by atoms with Crippen molar-refractivity contribution in [2.75, 3.05) is 19.7 Å². The van der Waals surface area contributed by atoms with Crippen LogP contribution in [0.4, 0.5) is 13.2 Å². The van der Waals surface area contributed by atoms with Crippen molar-refractivity contribution in [2.45, 2.75) is 29.5 Å². The second kappa shape index (κ2) is 8.91. The number of aromatic nitrogens is 1. The van der Waals surface area contributed by atoms with Gasteiger partial charge >= 0.3 is 6.18 Å². The minimum atomic E-state index is -4.65. The number of likely N-dealkylation sites (tertiary alicyclic amines) is 1. The van der Waals surface area contributed by atoms with E-state index < -0.39 is 32.8 Å². The molecule has 1 saturated heterocycles. The lowest BCUT2D eigenvalue weighted by Gasteiger charge is -2.17. The number of benzene rings is 1. The zero-order valence-corrected chi connectivity index (χ0v) is 16.1. The van der Waals surface area contributed by atoms with Crippen LogP contribution in [-0.4, -0.2) is 50.1 Å². The van der Waals surface area contributed by atoms with E-state index in [1.807, 2.05) is 0 Å². The molecule has 0 aliphatic carbocycles. The number of amides is 1. The number of carbonyl (C=O) groups is 1. The Morgan fingerprint density at radius 1 is 1.28 bits per heavy atom. The smallest absolute Gasteiger partial charge is 0.419 e. The van der Waals surface area contributed by atoms with Crippen LogP contribution in [0.15, 0.2) is 47.6 Å². The van der Waals surface area contributed by atoms with Crippen LogP contribution in [0.5, 0.6) is 5.75 Å². The lowest BCUT2D eigenvalue weighted by atomic mass is 10.2. The summed E-state index contributed by atoms with van der Waals surface area (Å²) in [5.41, 5.74) is -0.306. The number of aliphatic hydroxyl groups excluding tert-OH is 1. The van der Waals surface area contributed by atoms with Crippen LogP contribution in [0.3, 0.4) is 0 Å². The van der Waals surface area contributed by atoms with Crippen molar-refractivity contribution in [1.29, 1.82) is 0 Å². The molecule has 0 bridgehead atoms. The number of nitrogens with zero attached hydrogens (tertiary/aromatic N) is 2. The van der Waals surface area contributed by atoms with Gasteiger partial charge in [-0.25, -0.2) is 4.98 Å². The Morgan fingerprint density at radius 2 is 2.00 bits per heavy atom. The summed E-state index contributed by atoms with van der Waals surface area (Å²) in [7, 11) is -1.99. The number of halogens is 3. The van der Waals surface area contributed by atoms with Crippen LogP contribution >= 0.6 is 0 Å². The Hall–Kier alpha value is -2.46. The minimum Gasteiger partial charge on any atom is -0.484 e. The predicted molar refractivity (Wildman–Crippen MR) is 98.5 cm³/mol. The Labute approximate surface area is 167 Å². The van der Waals surface area contributed by atoms with E-state index in [1.54, 1.807) is 24.3 Å². The van der Waals surface area contributed by atoms with Gasteiger partial charge in [0.2, 0.25) is 0 Å². The van der Waals surface area contributed by atoms with Crippen molar-refractivity contribution in [3.8, 4) is 5.75 Å². The van der Waals surface area contributed by atoms with Crippen LogP contribution in [0.2, 0.25) is 0 Å². The average molecular weight is 428 g/mol. The van der Waals surface area contributed by atoms with Gasteiger partial charge < -0.3 is 14.7 Å². The minimum absolute atomic E-state index is 0.0755. The molecule has 1 N–H and O–H groups in total. The Bertz CT molecular complexity index is 890. The van der Waals surface area contributed by atoms with E-state index >= 15 is 0 Å². The van der Waals surface area contributed by atoms with Gasteiger partial charge in [-0.1, -0.05) is 12.1 Å². The van der Waals surface area contributed by atoms with Gasteiger partial charge in [-0.2, -0.15) is 13.2 Å². The van der Waals surface area contributed by atoms with Crippen LogP contribution in [0.1, 0.15) is 17.5 Å². The van der Waals surface area contributed by atoms with Crippen LogP contribution in [-0.2, 0) is 28.4 Å². The van der Waals surface area contributed by atoms with Gasteiger partial charge in [0.1, 0.15) is 10.8 Å². The van der Waals surface area contributed by atoms with Crippen molar-refractivity contribution in [3.63, 3.8) is 0 Å². The average Bonchev–Trinajstić information content (AvgIpc) is 3.21. The number of alkyl halides is 3. The monoisotopic (exact) mass is 428 g/mol. The molecule has 10 heteroatoms. The second-order valence-electron chi connectivity index (χ2n) is 6.49. The molecule has 2 aromatic rings. The van der Waals surface area contributed by atoms with E-state index in [4.69, 9.17) is 9.84 Å². The standard InChI is InChI=1S/C19H19F3N2O4S/c20-19(21,22)16-2-1-8-23-18(16)29(27)15-7-9-24(10-15)17(26)12-28-14-5-3-13(11-25)4-6-14/h1-6,8,15,25H,7,9-12H2/t15-,29-/m0/s1. The van der Waals surface area contributed by atoms with Crippen LogP contribution < -0.4 is 4.74 Å². The first kappa shape index (κ1) is 21.3. The third kappa shape index (κ3) is 5.13. The zero-order chi connectivity index (χ0) is 21.0. The van der Waals surface area contributed by atoms with Gasteiger partial charge in [-0.3, -0.25) is 9.00 Å². The second-order valence-corrected chi connectivity index (χ2v) is 8.14. The highest BCUT2D eigenvalue weighted by molar-refractivity contribution is 7.85. The van der Waals surface area contributed by atoms with Crippen LogP contribution in [0.25, 0.3) is 0 Å². The van der Waals surface area contributed by atoms with E-state index in [0.29, 0.717) is 17.7 Å². The van der Waals surface area contributed by atoms with Crippen molar-refractivity contribution in [2.24, 2.45) is 0 Å². The molecule has 29 heavy (non-hydrogen) atoms. The number of rotatable bonds is 6. The maximum atomic E-state index is 13.1. The summed E-state index contributed by atoms with van der Waals surface area (Å²) in [6, 6.07) is 8.59. The molecule has 156 valence electrons. The number of carbonyl (C=O) groups excluding carboxylic acids is 1. The van der Waals surface area contributed by atoms with E-state index in [0.717, 1.165) is 12.1 Å². The summed E-state index contributed by atoms with van der Waals surface area (Å²) in [5, 5.41) is 7.88. The molecule has 2 heterocycles. The molecule has 1 aliphatic heterocycles. The highest BCUT2D eigenvalue weighted by atomic mass is 32.2.